The molecular weight excluding hydrogens is 354 g/mol. The molecule has 2 aromatic rings. The van der Waals surface area contributed by atoms with Crippen molar-refractivity contribution in [3.05, 3.63) is 58.0 Å². The number of fused-ring (bicyclic) bond motifs is 1. The molecule has 0 radical (unpaired) electrons. The number of aryl methyl sites for hydroxylation is 1. The average Bonchev–Trinajstić information content (AvgIpc) is 2.70. The van der Waals surface area contributed by atoms with Crippen molar-refractivity contribution >= 4 is 5.91 Å². The van der Waals surface area contributed by atoms with E-state index >= 15 is 0 Å². The molecule has 4 atom stereocenters. The lowest BCUT2D eigenvalue weighted by Crippen LogP contribution is -2.59. The molecule has 1 amide bonds. The Morgan fingerprint density at radius 1 is 1.14 bits per heavy atom. The van der Waals surface area contributed by atoms with E-state index in [4.69, 9.17) is 4.74 Å². The molecule has 4 rings (SSSR count). The minimum absolute atomic E-state index is 0.0380. The summed E-state index contributed by atoms with van der Waals surface area (Å²) in [5.41, 5.74) is 1.72. The molecule has 28 heavy (non-hydrogen) atoms. The van der Waals surface area contributed by atoms with E-state index in [0.29, 0.717) is 17.8 Å². The Morgan fingerprint density at radius 3 is 2.57 bits per heavy atom. The second-order valence-corrected chi connectivity index (χ2v) is 7.98. The van der Waals surface area contributed by atoms with Gasteiger partial charge in [-0.1, -0.05) is 25.0 Å². The molecule has 6 nitrogen and oxygen atoms in total. The molecule has 0 saturated heterocycles. The van der Waals surface area contributed by atoms with Gasteiger partial charge in [0.1, 0.15) is 12.3 Å². The first-order valence-corrected chi connectivity index (χ1v) is 10.0. The molecule has 6 heteroatoms. The molecule has 0 bridgehead atoms. The molecule has 0 aliphatic heterocycles. The Kier molecular flexibility index (Phi) is 5.20. The number of benzene rings is 1. The number of methoxy groups -OCH3 is 1. The highest BCUT2D eigenvalue weighted by molar-refractivity contribution is 5.76. The zero-order valence-electron chi connectivity index (χ0n) is 16.4. The lowest BCUT2D eigenvalue weighted by molar-refractivity contribution is -0.125. The third kappa shape index (κ3) is 3.55. The number of nitrogens with zero attached hydrogens (tertiary/aromatic N) is 2. The van der Waals surface area contributed by atoms with Gasteiger partial charge in [-0.05, 0) is 55.4 Å². The highest BCUT2D eigenvalue weighted by atomic mass is 16.5. The maximum atomic E-state index is 12.7. The van der Waals surface area contributed by atoms with Crippen LogP contribution in [0.1, 0.15) is 42.9 Å². The van der Waals surface area contributed by atoms with Crippen LogP contribution in [0.3, 0.4) is 0 Å². The van der Waals surface area contributed by atoms with E-state index in [0.717, 1.165) is 17.9 Å². The Hall–Kier alpha value is -2.63. The fourth-order valence-corrected chi connectivity index (χ4v) is 4.98. The molecule has 2 fully saturated rings. The van der Waals surface area contributed by atoms with Gasteiger partial charge in [0.05, 0.1) is 12.8 Å². The van der Waals surface area contributed by atoms with Crippen LogP contribution in [0.2, 0.25) is 0 Å². The number of aromatic nitrogens is 2. The number of rotatable bonds is 5. The van der Waals surface area contributed by atoms with Gasteiger partial charge in [-0.3, -0.25) is 9.59 Å². The summed E-state index contributed by atoms with van der Waals surface area (Å²) in [6.07, 6.45) is 4.86. The Bertz CT molecular complexity index is 906. The van der Waals surface area contributed by atoms with E-state index in [1.807, 2.05) is 19.1 Å². The molecule has 2 unspecified atom stereocenters. The fraction of sp³-hybridized carbons (Fsp3) is 0.500. The normalized spacial score (nSPS) is 26.1. The topological polar surface area (TPSA) is 73.2 Å². The summed E-state index contributed by atoms with van der Waals surface area (Å²) in [6.45, 7) is 1.77. The standard InChI is InChI=1S/C22H27N3O3/c1-14-7-12-20(27)25(24-14)13-19(26)23-22-18-6-4-3-5-17(18)21(22)15-8-10-16(28-2)11-9-15/h7-12,17-18,21-22H,3-6,13H2,1-2H3,(H,23,26)/t17?,18?,21-,22-/m0/s1. The van der Waals surface area contributed by atoms with Crippen molar-refractivity contribution < 1.29 is 9.53 Å². The third-order valence-corrected chi connectivity index (χ3v) is 6.31. The van der Waals surface area contributed by atoms with Crippen molar-refractivity contribution in [3.8, 4) is 5.75 Å². The lowest BCUT2D eigenvalue weighted by Gasteiger charge is -2.55. The van der Waals surface area contributed by atoms with Crippen LogP contribution in [-0.4, -0.2) is 28.8 Å². The average molecular weight is 381 g/mol. The summed E-state index contributed by atoms with van der Waals surface area (Å²) >= 11 is 0. The van der Waals surface area contributed by atoms with Gasteiger partial charge >= 0.3 is 0 Å². The molecule has 1 heterocycles. The maximum absolute atomic E-state index is 12.7. The molecule has 148 valence electrons. The van der Waals surface area contributed by atoms with Gasteiger partial charge in [0.2, 0.25) is 5.91 Å². The van der Waals surface area contributed by atoms with Gasteiger partial charge in [0, 0.05) is 18.0 Å². The minimum atomic E-state index is -0.253. The first-order valence-electron chi connectivity index (χ1n) is 10.0. The van der Waals surface area contributed by atoms with E-state index in [1.54, 1.807) is 13.2 Å². The second-order valence-electron chi connectivity index (χ2n) is 7.98. The fourth-order valence-electron chi connectivity index (χ4n) is 4.98. The van der Waals surface area contributed by atoms with Gasteiger partial charge in [-0.25, -0.2) is 4.68 Å². The highest BCUT2D eigenvalue weighted by Crippen LogP contribution is 2.54. The smallest absolute Gasteiger partial charge is 0.267 e. The highest BCUT2D eigenvalue weighted by Gasteiger charge is 2.51. The van der Waals surface area contributed by atoms with Gasteiger partial charge in [-0.2, -0.15) is 5.10 Å². The summed E-state index contributed by atoms with van der Waals surface area (Å²) in [6, 6.07) is 11.4. The summed E-state index contributed by atoms with van der Waals surface area (Å²) in [5, 5.41) is 7.39. The van der Waals surface area contributed by atoms with Gasteiger partial charge in [-0.15, -0.1) is 0 Å². The van der Waals surface area contributed by atoms with Crippen LogP contribution >= 0.6 is 0 Å². The zero-order chi connectivity index (χ0) is 19.7. The van der Waals surface area contributed by atoms with Crippen LogP contribution in [0.5, 0.6) is 5.75 Å². The van der Waals surface area contributed by atoms with Crippen LogP contribution in [-0.2, 0) is 11.3 Å². The SMILES string of the molecule is COc1ccc([C@H]2C3CCCCC3[C@@H]2NC(=O)Cn2nc(C)ccc2=O)cc1. The monoisotopic (exact) mass is 381 g/mol. The first kappa shape index (κ1) is 18.7. The summed E-state index contributed by atoms with van der Waals surface area (Å²) < 4.78 is 6.52. The van der Waals surface area contributed by atoms with Crippen molar-refractivity contribution in [2.75, 3.05) is 7.11 Å². The molecule has 0 spiro atoms. The van der Waals surface area contributed by atoms with Gasteiger partial charge < -0.3 is 10.1 Å². The van der Waals surface area contributed by atoms with Crippen LogP contribution in [0.25, 0.3) is 0 Å². The molecule has 2 saturated carbocycles. The van der Waals surface area contributed by atoms with E-state index < -0.39 is 0 Å². The van der Waals surface area contributed by atoms with Crippen LogP contribution in [0.15, 0.2) is 41.2 Å². The van der Waals surface area contributed by atoms with E-state index in [9.17, 15) is 9.59 Å². The van der Waals surface area contributed by atoms with E-state index in [2.05, 4.69) is 22.5 Å². The van der Waals surface area contributed by atoms with Crippen molar-refractivity contribution in [3.63, 3.8) is 0 Å². The van der Waals surface area contributed by atoms with Crippen LogP contribution in [0, 0.1) is 18.8 Å². The number of amides is 1. The zero-order valence-corrected chi connectivity index (χ0v) is 16.4. The van der Waals surface area contributed by atoms with Crippen molar-refractivity contribution in [1.82, 2.24) is 15.1 Å². The van der Waals surface area contributed by atoms with Crippen molar-refractivity contribution in [1.29, 1.82) is 0 Å². The van der Waals surface area contributed by atoms with Gasteiger partial charge in [0.15, 0.2) is 0 Å². The minimum Gasteiger partial charge on any atom is -0.497 e. The Balaban J connectivity index is 1.51. The molecule has 2 aliphatic rings. The van der Waals surface area contributed by atoms with Crippen LogP contribution in [0.4, 0.5) is 0 Å². The predicted molar refractivity (Wildman–Crippen MR) is 106 cm³/mol. The number of carbonyl (C=O) groups is 1. The number of hydrogen-bond donors (Lipinski definition) is 1. The number of hydrogen-bond acceptors (Lipinski definition) is 4. The molecule has 1 aromatic carbocycles. The number of nitrogens with one attached hydrogen (secondary N) is 1. The summed E-state index contributed by atoms with van der Waals surface area (Å²) in [7, 11) is 1.67. The van der Waals surface area contributed by atoms with E-state index in [1.165, 1.54) is 35.6 Å². The second kappa shape index (κ2) is 7.78. The lowest BCUT2D eigenvalue weighted by atomic mass is 9.53. The molecule has 1 N–H and O–H groups in total. The summed E-state index contributed by atoms with van der Waals surface area (Å²) in [4.78, 5) is 24.7. The van der Waals surface area contributed by atoms with Crippen LogP contribution < -0.4 is 15.6 Å². The van der Waals surface area contributed by atoms with E-state index in [-0.39, 0.29) is 24.1 Å². The molecular formula is C22H27N3O3. The van der Waals surface area contributed by atoms with Crippen molar-refractivity contribution in [2.45, 2.75) is 51.1 Å². The number of carbonyl (C=O) groups excluding carboxylic acids is 1. The Morgan fingerprint density at radius 2 is 1.86 bits per heavy atom. The maximum Gasteiger partial charge on any atom is 0.267 e. The molecule has 1 aromatic heterocycles. The van der Waals surface area contributed by atoms with Crippen molar-refractivity contribution in [2.24, 2.45) is 11.8 Å². The quantitative estimate of drug-likeness (QED) is 0.864. The molecule has 2 aliphatic carbocycles. The first-order chi connectivity index (χ1) is 13.6. The van der Waals surface area contributed by atoms with Gasteiger partial charge in [0.25, 0.3) is 5.56 Å². The number of ether oxygens (including phenoxy) is 1. The summed E-state index contributed by atoms with van der Waals surface area (Å²) in [5.74, 6) is 2.16. The predicted octanol–water partition coefficient (Wildman–Crippen LogP) is 2.65. The third-order valence-electron chi connectivity index (χ3n) is 6.31. The largest absolute Gasteiger partial charge is 0.497 e. The Labute approximate surface area is 164 Å².